The number of hydrogen-bond donors (Lipinski definition) is 2. The molecule has 18 heavy (non-hydrogen) atoms. The largest absolute Gasteiger partial charge is 0.355 e. The van der Waals surface area contributed by atoms with E-state index in [9.17, 15) is 12.8 Å². The van der Waals surface area contributed by atoms with E-state index in [1.165, 1.54) is 12.1 Å². The Morgan fingerprint density at radius 1 is 1.44 bits per heavy atom. The van der Waals surface area contributed by atoms with Crippen LogP contribution in [0, 0.1) is 11.7 Å². The van der Waals surface area contributed by atoms with E-state index in [4.69, 9.17) is 0 Å². The van der Waals surface area contributed by atoms with Gasteiger partial charge < -0.3 is 10.6 Å². The van der Waals surface area contributed by atoms with Crippen molar-refractivity contribution in [3.63, 3.8) is 0 Å². The van der Waals surface area contributed by atoms with Crippen molar-refractivity contribution >= 4 is 21.7 Å². The molecule has 96 valence electrons. The number of guanidine groups is 1. The predicted octanol–water partition coefficient (Wildman–Crippen LogP) is 1.30. The summed E-state index contributed by atoms with van der Waals surface area (Å²) in [5.41, 5.74) is 0.352. The molecule has 0 unspecified atom stereocenters. The van der Waals surface area contributed by atoms with Crippen LogP contribution in [0.15, 0.2) is 27.5 Å². The highest BCUT2D eigenvalue weighted by atomic mass is 32.2. The zero-order chi connectivity index (χ0) is 12.8. The minimum atomic E-state index is -3.82. The lowest BCUT2D eigenvalue weighted by molar-refractivity contribution is 0.591. The minimum absolute atomic E-state index is 0.125. The normalized spacial score (nSPS) is 20.6. The van der Waals surface area contributed by atoms with Crippen LogP contribution in [0.5, 0.6) is 0 Å². The summed E-state index contributed by atoms with van der Waals surface area (Å²) in [5.74, 6) is 0.219. The second kappa shape index (κ2) is 3.94. The lowest BCUT2D eigenvalue weighted by Gasteiger charge is -2.18. The molecule has 1 aromatic rings. The van der Waals surface area contributed by atoms with Crippen LogP contribution in [-0.2, 0) is 10.0 Å². The Morgan fingerprint density at radius 3 is 2.94 bits per heavy atom. The molecule has 1 heterocycles. The summed E-state index contributed by atoms with van der Waals surface area (Å²) >= 11 is 0. The van der Waals surface area contributed by atoms with Crippen molar-refractivity contribution < 1.29 is 12.8 Å². The van der Waals surface area contributed by atoms with E-state index in [1.54, 1.807) is 0 Å². The van der Waals surface area contributed by atoms with Gasteiger partial charge in [-0.1, -0.05) is 0 Å². The number of fused-ring (bicyclic) bond motifs is 1. The fourth-order valence-corrected chi connectivity index (χ4v) is 2.88. The van der Waals surface area contributed by atoms with Gasteiger partial charge in [0.25, 0.3) is 10.0 Å². The number of sulfonamides is 1. The van der Waals surface area contributed by atoms with Gasteiger partial charge in [-0.2, -0.15) is 8.42 Å². The maximum Gasteiger partial charge on any atom is 0.287 e. The summed E-state index contributed by atoms with van der Waals surface area (Å²) in [6.45, 7) is 0.706. The second-order valence-electron chi connectivity index (χ2n) is 4.50. The number of halogens is 1. The molecule has 0 atom stereocenters. The summed E-state index contributed by atoms with van der Waals surface area (Å²) in [5, 5.41) is 5.82. The molecule has 1 fully saturated rings. The van der Waals surface area contributed by atoms with Crippen LogP contribution in [-0.4, -0.2) is 20.9 Å². The number of nitrogens with one attached hydrogen (secondary N) is 2. The summed E-state index contributed by atoms with van der Waals surface area (Å²) in [7, 11) is -3.82. The molecule has 1 aliphatic carbocycles. The molecule has 2 aliphatic rings. The Bertz CT molecular complexity index is 623. The maximum absolute atomic E-state index is 13.0. The van der Waals surface area contributed by atoms with Gasteiger partial charge in [-0.25, -0.2) is 4.39 Å². The van der Waals surface area contributed by atoms with Crippen molar-refractivity contribution in [2.45, 2.75) is 17.7 Å². The molecular weight excluding hydrogens is 257 g/mol. The monoisotopic (exact) mass is 269 g/mol. The topological polar surface area (TPSA) is 70.6 Å². The molecule has 2 N–H and O–H groups in total. The van der Waals surface area contributed by atoms with Crippen molar-refractivity contribution in [3.8, 4) is 0 Å². The Labute approximate surface area is 104 Å². The van der Waals surface area contributed by atoms with Gasteiger partial charge in [-0.3, -0.25) is 0 Å². The summed E-state index contributed by atoms with van der Waals surface area (Å²) in [4.78, 5) is -0.125. The standard InChI is InChI=1S/C11H12FN3O2S/c12-8-3-4-9-10(5-8)18(16,17)15-11(14-9)13-6-7-1-2-7/h3-5,7H,1-2,6H2,(H2,13,14,15). The van der Waals surface area contributed by atoms with Crippen LogP contribution in [0.25, 0.3) is 0 Å². The number of rotatable bonds is 2. The van der Waals surface area contributed by atoms with Gasteiger partial charge >= 0.3 is 0 Å². The second-order valence-corrected chi connectivity index (χ2v) is 6.08. The maximum atomic E-state index is 13.0. The Kier molecular flexibility index (Phi) is 2.51. The molecule has 0 amide bonds. The van der Waals surface area contributed by atoms with Crippen LogP contribution in [0.4, 0.5) is 10.1 Å². The lowest BCUT2D eigenvalue weighted by Crippen LogP contribution is -2.35. The number of benzene rings is 1. The first-order valence-corrected chi connectivity index (χ1v) is 7.14. The zero-order valence-corrected chi connectivity index (χ0v) is 10.3. The van der Waals surface area contributed by atoms with Crippen LogP contribution in [0.2, 0.25) is 0 Å². The van der Waals surface area contributed by atoms with Crippen molar-refractivity contribution in [1.82, 2.24) is 5.32 Å². The molecule has 0 spiro atoms. The molecule has 1 saturated carbocycles. The fraction of sp³-hybridized carbons (Fsp3) is 0.364. The molecule has 1 aliphatic heterocycles. The lowest BCUT2D eigenvalue weighted by atomic mass is 10.3. The highest BCUT2D eigenvalue weighted by molar-refractivity contribution is 7.90. The highest BCUT2D eigenvalue weighted by Crippen LogP contribution is 2.29. The third-order valence-corrected chi connectivity index (χ3v) is 4.26. The quantitative estimate of drug-likeness (QED) is 0.849. The Balaban J connectivity index is 1.90. The average molecular weight is 269 g/mol. The average Bonchev–Trinajstić information content (AvgIpc) is 3.11. The fourth-order valence-electron chi connectivity index (χ4n) is 1.77. The van der Waals surface area contributed by atoms with E-state index >= 15 is 0 Å². The zero-order valence-electron chi connectivity index (χ0n) is 9.48. The molecule has 0 bridgehead atoms. The minimum Gasteiger partial charge on any atom is -0.355 e. The van der Waals surface area contributed by atoms with Crippen LogP contribution in [0.3, 0.4) is 0 Å². The van der Waals surface area contributed by atoms with Gasteiger partial charge in [-0.15, -0.1) is 4.40 Å². The molecule has 1 aromatic carbocycles. The Morgan fingerprint density at radius 2 is 2.22 bits per heavy atom. The number of nitrogens with zero attached hydrogens (tertiary/aromatic N) is 1. The first-order chi connectivity index (χ1) is 8.54. The molecular formula is C11H12FN3O2S. The molecule has 5 nitrogen and oxygen atoms in total. The van der Waals surface area contributed by atoms with Crippen molar-refractivity contribution in [2.24, 2.45) is 10.3 Å². The first-order valence-electron chi connectivity index (χ1n) is 5.70. The first kappa shape index (κ1) is 11.5. The van der Waals surface area contributed by atoms with Crippen molar-refractivity contribution in [3.05, 3.63) is 24.0 Å². The van der Waals surface area contributed by atoms with Gasteiger partial charge in [0.05, 0.1) is 5.69 Å². The van der Waals surface area contributed by atoms with Gasteiger partial charge in [0, 0.05) is 6.54 Å². The van der Waals surface area contributed by atoms with Gasteiger partial charge in [0.1, 0.15) is 10.7 Å². The van der Waals surface area contributed by atoms with Crippen molar-refractivity contribution in [1.29, 1.82) is 0 Å². The van der Waals surface area contributed by atoms with Crippen LogP contribution < -0.4 is 10.6 Å². The number of anilines is 1. The van der Waals surface area contributed by atoms with E-state index in [0.29, 0.717) is 18.2 Å². The summed E-state index contributed by atoms with van der Waals surface area (Å²) in [6.07, 6.45) is 2.32. The van der Waals surface area contributed by atoms with E-state index in [-0.39, 0.29) is 10.9 Å². The molecule has 0 radical (unpaired) electrons. The third-order valence-electron chi connectivity index (χ3n) is 2.94. The SMILES string of the molecule is O=S1(=O)N=C(NCC2CC2)Nc2ccc(F)cc21. The molecule has 0 aromatic heterocycles. The smallest absolute Gasteiger partial charge is 0.287 e. The number of hydrogen-bond acceptors (Lipinski definition) is 4. The summed E-state index contributed by atoms with van der Waals surface area (Å²) < 4.78 is 40.4. The third kappa shape index (κ3) is 2.17. The van der Waals surface area contributed by atoms with Crippen molar-refractivity contribution in [2.75, 3.05) is 11.9 Å². The molecule has 7 heteroatoms. The van der Waals surface area contributed by atoms with Gasteiger partial charge in [-0.05, 0) is 37.0 Å². The van der Waals surface area contributed by atoms with E-state index in [1.807, 2.05) is 0 Å². The molecule has 0 saturated heterocycles. The van der Waals surface area contributed by atoms with E-state index in [0.717, 1.165) is 18.9 Å². The Hall–Kier alpha value is -1.63. The molecule has 3 rings (SSSR count). The van der Waals surface area contributed by atoms with Gasteiger partial charge in [0.2, 0.25) is 5.96 Å². The summed E-state index contributed by atoms with van der Waals surface area (Å²) in [6, 6.07) is 3.58. The predicted molar refractivity (Wildman–Crippen MR) is 65.4 cm³/mol. The van der Waals surface area contributed by atoms with Crippen LogP contribution in [0.1, 0.15) is 12.8 Å². The van der Waals surface area contributed by atoms with E-state index < -0.39 is 15.8 Å². The van der Waals surface area contributed by atoms with E-state index in [2.05, 4.69) is 15.0 Å². The highest BCUT2D eigenvalue weighted by Gasteiger charge is 2.27. The van der Waals surface area contributed by atoms with Gasteiger partial charge in [0.15, 0.2) is 0 Å². The van der Waals surface area contributed by atoms with Crippen LogP contribution >= 0.6 is 0 Å².